The van der Waals surface area contributed by atoms with Gasteiger partial charge in [-0.25, -0.2) is 9.36 Å². The molecule has 2 fully saturated rings. The van der Waals surface area contributed by atoms with Gasteiger partial charge in [0, 0.05) is 0 Å². The lowest BCUT2D eigenvalue weighted by Gasteiger charge is -2.26. The van der Waals surface area contributed by atoms with Gasteiger partial charge in [0.2, 0.25) is 0 Å². The Kier molecular flexibility index (Phi) is 11.5. The van der Waals surface area contributed by atoms with Crippen LogP contribution in [-0.2, 0) is 12.8 Å². The molecule has 6 nitrogen and oxygen atoms in total. The Balaban J connectivity index is 1.30. The molecule has 0 aromatic carbocycles. The number of hydrogen-bond donors (Lipinski definition) is 2. The predicted molar refractivity (Wildman–Crippen MR) is 152 cm³/mol. The summed E-state index contributed by atoms with van der Waals surface area (Å²) in [5, 5.41) is 19.9. The fraction of sp³-hybridized carbons (Fsp3) is 0.857. The summed E-state index contributed by atoms with van der Waals surface area (Å²) >= 11 is 9.57. The first-order valence-electron chi connectivity index (χ1n) is 14.9. The summed E-state index contributed by atoms with van der Waals surface area (Å²) in [5.41, 5.74) is 2.36. The Bertz CT molecular complexity index is 892. The van der Waals surface area contributed by atoms with Crippen LogP contribution in [0.25, 0.3) is 0 Å². The van der Waals surface area contributed by atoms with Gasteiger partial charge >= 0.3 is 0 Å². The molecule has 0 atom stereocenters. The molecule has 0 amide bonds. The third-order valence-corrected chi connectivity index (χ3v) is 9.38. The van der Waals surface area contributed by atoms with E-state index in [0.717, 1.165) is 60.2 Å². The molecule has 2 aliphatic rings. The second-order valence-corrected chi connectivity index (χ2v) is 12.2. The lowest BCUT2D eigenvalue weighted by atomic mass is 9.92. The van der Waals surface area contributed by atoms with E-state index in [1.54, 1.807) is 0 Å². The van der Waals surface area contributed by atoms with Gasteiger partial charge in [0.15, 0.2) is 0 Å². The van der Waals surface area contributed by atoms with E-state index >= 15 is 0 Å². The molecule has 36 heavy (non-hydrogen) atoms. The van der Waals surface area contributed by atoms with Crippen molar-refractivity contribution < 1.29 is 0 Å². The number of nitrogens with zero attached hydrogens (tertiary/aromatic N) is 6. The Morgan fingerprint density at radius 3 is 2.00 bits per heavy atom. The minimum Gasteiger partial charge on any atom is -0.245 e. The van der Waals surface area contributed by atoms with Crippen LogP contribution in [-0.4, -0.2) is 30.0 Å². The van der Waals surface area contributed by atoms with Crippen molar-refractivity contribution in [2.24, 2.45) is 5.92 Å². The quantitative estimate of drug-likeness (QED) is 0.175. The second-order valence-electron chi connectivity index (χ2n) is 11.4. The van der Waals surface area contributed by atoms with E-state index in [1.165, 1.54) is 95.6 Å². The fourth-order valence-corrected chi connectivity index (χ4v) is 6.98. The largest absolute Gasteiger partial charge is 0.245 e. The van der Waals surface area contributed by atoms with Crippen LogP contribution in [0.1, 0.15) is 146 Å². The van der Waals surface area contributed by atoms with Crippen molar-refractivity contribution in [1.29, 1.82) is 0 Å². The molecular weight excluding hydrogens is 484 g/mol. The van der Waals surface area contributed by atoms with Gasteiger partial charge in [0.25, 0.3) is 0 Å². The minimum atomic E-state index is 0.408. The van der Waals surface area contributed by atoms with E-state index in [9.17, 15) is 0 Å². The SMILES string of the molecule is CCCCCCCCc1nnn(C2CCCC(n3nnc(S)c3CC3CCCCCC3)CCC2)c1S. The summed E-state index contributed by atoms with van der Waals surface area (Å²) in [6.45, 7) is 2.27. The molecule has 2 saturated carbocycles. The second kappa shape index (κ2) is 14.8. The maximum absolute atomic E-state index is 4.86. The maximum Gasteiger partial charge on any atom is 0.139 e. The van der Waals surface area contributed by atoms with Gasteiger partial charge in [-0.05, 0) is 63.7 Å². The number of unbranched alkanes of at least 4 members (excludes halogenated alkanes) is 5. The van der Waals surface area contributed by atoms with Gasteiger partial charge in [-0.2, -0.15) is 0 Å². The summed E-state index contributed by atoms with van der Waals surface area (Å²) in [5.74, 6) is 0.764. The molecule has 0 saturated heterocycles. The van der Waals surface area contributed by atoms with Crippen molar-refractivity contribution in [2.45, 2.75) is 157 Å². The summed E-state index contributed by atoms with van der Waals surface area (Å²) in [4.78, 5) is 0. The molecule has 0 bridgehead atoms. The van der Waals surface area contributed by atoms with E-state index < -0.39 is 0 Å². The Morgan fingerprint density at radius 2 is 1.31 bits per heavy atom. The number of hydrogen-bond acceptors (Lipinski definition) is 6. The van der Waals surface area contributed by atoms with E-state index in [-0.39, 0.29) is 0 Å². The van der Waals surface area contributed by atoms with Gasteiger partial charge in [0.05, 0.1) is 23.5 Å². The van der Waals surface area contributed by atoms with Crippen LogP contribution < -0.4 is 0 Å². The highest BCUT2D eigenvalue weighted by molar-refractivity contribution is 7.80. The normalized spacial score (nSPS) is 22.3. The van der Waals surface area contributed by atoms with Crippen molar-refractivity contribution in [2.75, 3.05) is 0 Å². The number of aromatic nitrogens is 6. The monoisotopic (exact) mass is 532 g/mol. The number of rotatable bonds is 11. The standard InChI is InChI=1S/C28H48N6S2/c1-2-3-4-5-6-11-20-25-28(36)34(31-29-25)24-18-12-16-23(17-13-19-24)33-26(27(35)30-32-33)21-22-14-9-7-8-10-15-22/h22-24,35-36H,2-21H2,1H3. The molecule has 0 N–H and O–H groups in total. The molecule has 8 heteroatoms. The third-order valence-electron chi connectivity index (χ3n) is 8.57. The van der Waals surface area contributed by atoms with Crippen LogP contribution in [0, 0.1) is 5.92 Å². The van der Waals surface area contributed by atoms with E-state index in [4.69, 9.17) is 25.3 Å². The van der Waals surface area contributed by atoms with Crippen molar-refractivity contribution in [1.82, 2.24) is 30.0 Å². The molecular formula is C28H48N6S2. The molecule has 2 heterocycles. The van der Waals surface area contributed by atoms with Gasteiger partial charge in [-0.1, -0.05) is 88.0 Å². The molecule has 2 aromatic rings. The maximum atomic E-state index is 4.86. The summed E-state index contributed by atoms with van der Waals surface area (Å²) in [6, 6.07) is 0.848. The molecule has 0 unspecified atom stereocenters. The van der Waals surface area contributed by atoms with E-state index in [1.807, 2.05) is 0 Å². The Hall–Kier alpha value is -1.02. The smallest absolute Gasteiger partial charge is 0.139 e. The fourth-order valence-electron chi connectivity index (χ4n) is 6.38. The third kappa shape index (κ3) is 7.75. The first kappa shape index (κ1) is 28.0. The highest BCUT2D eigenvalue weighted by Crippen LogP contribution is 2.35. The molecule has 0 spiro atoms. The zero-order valence-corrected chi connectivity index (χ0v) is 24.2. The van der Waals surface area contributed by atoms with Crippen LogP contribution in [0.3, 0.4) is 0 Å². The average molecular weight is 533 g/mol. The molecule has 2 aromatic heterocycles. The topological polar surface area (TPSA) is 61.4 Å². The van der Waals surface area contributed by atoms with Crippen LogP contribution in [0.15, 0.2) is 10.1 Å². The number of aryl methyl sites for hydroxylation is 1. The average Bonchev–Trinajstić information content (AvgIpc) is 3.27. The van der Waals surface area contributed by atoms with Crippen LogP contribution in [0.5, 0.6) is 0 Å². The summed E-state index contributed by atoms with van der Waals surface area (Å²) < 4.78 is 4.38. The van der Waals surface area contributed by atoms with E-state index in [0.29, 0.717) is 12.1 Å². The molecule has 0 radical (unpaired) electrons. The molecule has 202 valence electrons. The van der Waals surface area contributed by atoms with Gasteiger partial charge in [-0.3, -0.25) is 0 Å². The van der Waals surface area contributed by atoms with Gasteiger partial charge < -0.3 is 0 Å². The summed E-state index contributed by atoms with van der Waals surface area (Å²) in [7, 11) is 0. The van der Waals surface area contributed by atoms with Crippen molar-refractivity contribution in [3.63, 3.8) is 0 Å². The zero-order chi connectivity index (χ0) is 25.2. The highest BCUT2D eigenvalue weighted by Gasteiger charge is 2.26. The molecule has 2 aliphatic carbocycles. The lowest BCUT2D eigenvalue weighted by molar-refractivity contribution is 0.270. The first-order valence-corrected chi connectivity index (χ1v) is 15.8. The lowest BCUT2D eigenvalue weighted by Crippen LogP contribution is -2.20. The van der Waals surface area contributed by atoms with Gasteiger partial charge in [-0.15, -0.1) is 35.5 Å². The van der Waals surface area contributed by atoms with Crippen molar-refractivity contribution >= 4 is 25.3 Å². The zero-order valence-electron chi connectivity index (χ0n) is 22.5. The Morgan fingerprint density at radius 1 is 0.694 bits per heavy atom. The van der Waals surface area contributed by atoms with Crippen molar-refractivity contribution in [3.8, 4) is 0 Å². The summed E-state index contributed by atoms with van der Waals surface area (Å²) in [6.07, 6.45) is 25.0. The van der Waals surface area contributed by atoms with Gasteiger partial charge in [0.1, 0.15) is 10.1 Å². The van der Waals surface area contributed by atoms with E-state index in [2.05, 4.69) is 36.9 Å². The highest BCUT2D eigenvalue weighted by atomic mass is 32.1. The first-order chi connectivity index (χ1) is 17.7. The number of thiol groups is 2. The molecule has 4 rings (SSSR count). The molecule has 0 aliphatic heterocycles. The van der Waals surface area contributed by atoms with Crippen LogP contribution in [0.2, 0.25) is 0 Å². The van der Waals surface area contributed by atoms with Crippen LogP contribution >= 0.6 is 25.3 Å². The van der Waals surface area contributed by atoms with Crippen molar-refractivity contribution in [3.05, 3.63) is 11.4 Å². The minimum absolute atomic E-state index is 0.408. The predicted octanol–water partition coefficient (Wildman–Crippen LogP) is 8.00. The van der Waals surface area contributed by atoms with Crippen LogP contribution in [0.4, 0.5) is 0 Å². The Labute approximate surface area is 229 Å².